The van der Waals surface area contributed by atoms with Crippen molar-refractivity contribution in [3.8, 4) is 17.2 Å². The highest BCUT2D eigenvalue weighted by molar-refractivity contribution is 6.31. The van der Waals surface area contributed by atoms with Crippen molar-refractivity contribution in [2.75, 3.05) is 18.6 Å². The number of fused-ring (bicyclic) bond motifs is 1. The van der Waals surface area contributed by atoms with Crippen molar-refractivity contribution in [3.63, 3.8) is 0 Å². The lowest BCUT2D eigenvalue weighted by Crippen LogP contribution is -2.31. The van der Waals surface area contributed by atoms with Gasteiger partial charge in [0.05, 0.1) is 31.4 Å². The number of halogens is 1. The topological polar surface area (TPSA) is 98.4 Å². The number of nitrogens with zero attached hydrogens (tertiary/aromatic N) is 1. The number of amides is 1. The second-order valence-corrected chi connectivity index (χ2v) is 9.91. The molecule has 2 heterocycles. The van der Waals surface area contributed by atoms with E-state index in [1.54, 1.807) is 60.7 Å². The highest BCUT2D eigenvalue weighted by Crippen LogP contribution is 2.44. The van der Waals surface area contributed by atoms with E-state index >= 15 is 0 Å². The van der Waals surface area contributed by atoms with Gasteiger partial charge < -0.3 is 23.7 Å². The molecule has 1 N–H and O–H groups in total. The molecular weight excluding hydrogens is 534 g/mol. The molecule has 0 saturated carbocycles. The maximum atomic E-state index is 14.0. The number of methoxy groups -OCH3 is 1. The summed E-state index contributed by atoms with van der Waals surface area (Å²) < 4.78 is 22.8. The molecular formula is C31H28ClNO7. The van der Waals surface area contributed by atoms with Crippen molar-refractivity contribution >= 4 is 39.9 Å². The van der Waals surface area contributed by atoms with E-state index in [1.165, 1.54) is 18.1 Å². The van der Waals surface area contributed by atoms with E-state index in [9.17, 15) is 14.7 Å². The third-order valence-electron chi connectivity index (χ3n) is 6.40. The van der Waals surface area contributed by atoms with Crippen LogP contribution < -0.4 is 19.1 Å². The molecule has 8 nitrogen and oxygen atoms in total. The van der Waals surface area contributed by atoms with E-state index < -0.39 is 23.5 Å². The molecule has 0 aliphatic carbocycles. The van der Waals surface area contributed by atoms with Gasteiger partial charge in [-0.2, -0.15) is 0 Å². The van der Waals surface area contributed by atoms with E-state index in [0.29, 0.717) is 51.1 Å². The zero-order valence-corrected chi connectivity index (χ0v) is 23.2. The van der Waals surface area contributed by atoms with Crippen LogP contribution in [-0.2, 0) is 4.79 Å². The van der Waals surface area contributed by atoms with E-state index in [2.05, 4.69) is 0 Å². The summed E-state index contributed by atoms with van der Waals surface area (Å²) in [4.78, 5) is 29.0. The van der Waals surface area contributed by atoms with E-state index in [4.69, 9.17) is 30.2 Å². The van der Waals surface area contributed by atoms with E-state index in [0.717, 1.165) is 0 Å². The van der Waals surface area contributed by atoms with Gasteiger partial charge in [-0.05, 0) is 62.7 Å². The molecule has 206 valence electrons. The molecule has 1 aromatic heterocycles. The van der Waals surface area contributed by atoms with Crippen molar-refractivity contribution < 1.29 is 33.3 Å². The largest absolute Gasteiger partial charge is 0.503 e. The summed E-state index contributed by atoms with van der Waals surface area (Å²) in [5, 5.41) is 12.1. The second-order valence-electron chi connectivity index (χ2n) is 9.48. The molecule has 1 atom stereocenters. The van der Waals surface area contributed by atoms with Gasteiger partial charge in [0.1, 0.15) is 11.5 Å². The fraction of sp³-hybridized carbons (Fsp3) is 0.226. The lowest BCUT2D eigenvalue weighted by Gasteiger charge is -2.27. The fourth-order valence-electron chi connectivity index (χ4n) is 4.82. The summed E-state index contributed by atoms with van der Waals surface area (Å²) in [5.41, 5.74) is 1.21. The van der Waals surface area contributed by atoms with Crippen LogP contribution in [0.4, 0.5) is 5.69 Å². The molecule has 1 amide bonds. The maximum Gasteiger partial charge on any atom is 0.294 e. The van der Waals surface area contributed by atoms with Crippen LogP contribution in [0.2, 0.25) is 5.02 Å². The number of carbonyl (C=O) groups excluding carboxylic acids is 2. The van der Waals surface area contributed by atoms with Gasteiger partial charge >= 0.3 is 0 Å². The Balaban J connectivity index is 1.66. The number of aliphatic hydroxyl groups is 1. The molecule has 40 heavy (non-hydrogen) atoms. The van der Waals surface area contributed by atoms with Crippen LogP contribution in [0.15, 0.2) is 82.5 Å². The summed E-state index contributed by atoms with van der Waals surface area (Å²) in [6.45, 7) is 6.10. The lowest BCUT2D eigenvalue weighted by molar-refractivity contribution is -0.117. The summed E-state index contributed by atoms with van der Waals surface area (Å²) in [5.74, 6) is -0.662. The first-order valence-corrected chi connectivity index (χ1v) is 13.2. The number of ketones is 1. The van der Waals surface area contributed by atoms with E-state index in [1.807, 2.05) is 20.8 Å². The minimum absolute atomic E-state index is 0.0746. The van der Waals surface area contributed by atoms with Crippen molar-refractivity contribution in [3.05, 3.63) is 94.4 Å². The predicted octanol–water partition coefficient (Wildman–Crippen LogP) is 7.06. The van der Waals surface area contributed by atoms with Crippen LogP contribution in [0.5, 0.6) is 17.2 Å². The summed E-state index contributed by atoms with van der Waals surface area (Å²) in [6, 6.07) is 17.8. The molecule has 5 rings (SSSR count). The zero-order valence-electron chi connectivity index (χ0n) is 22.4. The number of rotatable bonds is 9. The Morgan fingerprint density at radius 1 is 1.07 bits per heavy atom. The van der Waals surface area contributed by atoms with Crippen molar-refractivity contribution in [2.24, 2.45) is 0 Å². The Morgan fingerprint density at radius 3 is 2.55 bits per heavy atom. The number of hydrogen-bond acceptors (Lipinski definition) is 7. The number of ether oxygens (including phenoxy) is 3. The lowest BCUT2D eigenvalue weighted by atomic mass is 9.94. The number of furan rings is 1. The zero-order chi connectivity index (χ0) is 28.6. The number of benzene rings is 3. The van der Waals surface area contributed by atoms with Crippen LogP contribution in [0.3, 0.4) is 0 Å². The Labute approximate surface area is 236 Å². The number of Topliss-reactive ketones (excluding diaryl/α,β-unsaturated/α-hetero) is 1. The first-order chi connectivity index (χ1) is 19.2. The van der Waals surface area contributed by atoms with Crippen LogP contribution in [0.1, 0.15) is 42.9 Å². The predicted molar refractivity (Wildman–Crippen MR) is 152 cm³/mol. The SMILES string of the molecule is CCOc1cccc(N2C(=O)C(O)=C(C(=O)c3cc4cc(Cl)cc(OC)c4o3)C2c2cccc(OC(C)C)c2)c1. The van der Waals surface area contributed by atoms with E-state index in [-0.39, 0.29) is 17.4 Å². The van der Waals surface area contributed by atoms with Crippen molar-refractivity contribution in [1.82, 2.24) is 0 Å². The second kappa shape index (κ2) is 11.0. The van der Waals surface area contributed by atoms with Crippen LogP contribution in [-0.4, -0.2) is 36.6 Å². The van der Waals surface area contributed by atoms with Crippen molar-refractivity contribution in [2.45, 2.75) is 32.9 Å². The number of aliphatic hydroxyl groups excluding tert-OH is 1. The molecule has 1 unspecified atom stereocenters. The van der Waals surface area contributed by atoms with Gasteiger partial charge in [-0.15, -0.1) is 0 Å². The Bertz CT molecular complexity index is 1640. The molecule has 1 aliphatic heterocycles. The third kappa shape index (κ3) is 4.98. The average molecular weight is 562 g/mol. The first-order valence-electron chi connectivity index (χ1n) is 12.8. The summed E-state index contributed by atoms with van der Waals surface area (Å²) in [6.07, 6.45) is -0.0955. The highest BCUT2D eigenvalue weighted by Gasteiger charge is 2.45. The molecule has 3 aromatic carbocycles. The Morgan fingerprint density at radius 2 is 1.82 bits per heavy atom. The van der Waals surface area contributed by atoms with Gasteiger partial charge in [0.25, 0.3) is 5.91 Å². The minimum atomic E-state index is -0.980. The quantitative estimate of drug-likeness (QED) is 0.218. The van der Waals surface area contributed by atoms with Gasteiger partial charge in [0, 0.05) is 28.2 Å². The third-order valence-corrected chi connectivity index (χ3v) is 6.61. The van der Waals surface area contributed by atoms with Gasteiger partial charge in [0.15, 0.2) is 22.9 Å². The normalized spacial score (nSPS) is 15.3. The van der Waals surface area contributed by atoms with Crippen LogP contribution in [0.25, 0.3) is 11.0 Å². The highest BCUT2D eigenvalue weighted by atomic mass is 35.5. The van der Waals surface area contributed by atoms with Gasteiger partial charge in [0.2, 0.25) is 5.78 Å². The molecule has 0 bridgehead atoms. The maximum absolute atomic E-state index is 14.0. The smallest absolute Gasteiger partial charge is 0.294 e. The molecule has 9 heteroatoms. The monoisotopic (exact) mass is 561 g/mol. The molecule has 4 aromatic rings. The Hall–Kier alpha value is -4.43. The molecule has 0 spiro atoms. The Kier molecular flexibility index (Phi) is 7.45. The number of hydrogen-bond donors (Lipinski definition) is 1. The summed E-state index contributed by atoms with van der Waals surface area (Å²) in [7, 11) is 1.47. The molecule has 0 saturated heterocycles. The molecule has 1 aliphatic rings. The number of carbonyl (C=O) groups is 2. The van der Waals surface area contributed by atoms with Crippen LogP contribution in [0, 0.1) is 0 Å². The van der Waals surface area contributed by atoms with Gasteiger partial charge in [-0.25, -0.2) is 0 Å². The minimum Gasteiger partial charge on any atom is -0.503 e. The standard InChI is InChI=1S/C31H28ClNO7/c1-5-38-22-10-7-9-21(16-22)33-27(18-8-6-11-23(13-18)39-17(2)3)26(29(35)31(33)36)28(34)24-14-19-12-20(32)15-25(37-4)30(19)40-24/h6-17,27,35H,5H2,1-4H3. The van der Waals surface area contributed by atoms with Gasteiger partial charge in [-0.1, -0.05) is 29.8 Å². The summed E-state index contributed by atoms with van der Waals surface area (Å²) >= 11 is 6.21. The molecule has 0 fully saturated rings. The molecule has 0 radical (unpaired) electrons. The number of anilines is 1. The van der Waals surface area contributed by atoms with Crippen LogP contribution >= 0.6 is 11.6 Å². The average Bonchev–Trinajstić information content (AvgIpc) is 3.46. The van der Waals surface area contributed by atoms with Crippen molar-refractivity contribution in [1.29, 1.82) is 0 Å². The van der Waals surface area contributed by atoms with Gasteiger partial charge in [-0.3, -0.25) is 14.5 Å². The first kappa shape index (κ1) is 27.1. The fourth-order valence-corrected chi connectivity index (χ4v) is 5.04.